The Morgan fingerprint density at radius 3 is 2.29 bits per heavy atom. The molecule has 2 saturated heterocycles. The molecule has 1 N–H and O–H groups in total. The zero-order chi connectivity index (χ0) is 43.9. The number of halogens is 3. The summed E-state index contributed by atoms with van der Waals surface area (Å²) in [6, 6.07) is 21.9. The summed E-state index contributed by atoms with van der Waals surface area (Å²) >= 11 is 1.74. The number of hydrogen-bond acceptors (Lipinski definition) is 8. The van der Waals surface area contributed by atoms with Gasteiger partial charge in [0.2, 0.25) is 5.91 Å². The van der Waals surface area contributed by atoms with Crippen molar-refractivity contribution >= 4 is 39.8 Å². The van der Waals surface area contributed by atoms with Gasteiger partial charge >= 0.3 is 0 Å². The fourth-order valence-corrected chi connectivity index (χ4v) is 11.2. The number of anilines is 1. The van der Waals surface area contributed by atoms with E-state index >= 15 is 8.78 Å². The third-order valence-corrected chi connectivity index (χ3v) is 14.9. The highest BCUT2D eigenvalue weighted by atomic mass is 32.1. The number of allylic oxidation sites excluding steroid dienone is 1. The summed E-state index contributed by atoms with van der Waals surface area (Å²) in [5, 5.41) is 20.1. The molecule has 0 radical (unpaired) electrons. The minimum atomic E-state index is -1.03. The van der Waals surface area contributed by atoms with Gasteiger partial charge in [-0.3, -0.25) is 14.4 Å². The average molecular weight is 869 g/mol. The predicted octanol–water partition coefficient (Wildman–Crippen LogP) is 10.4. The van der Waals surface area contributed by atoms with Gasteiger partial charge in [-0.05, 0) is 112 Å². The molecular formula is C50H47F3N6O3S. The minimum Gasteiger partial charge on any atom is -0.508 e. The number of likely N-dealkylation sites (tertiary alicyclic amines) is 1. The van der Waals surface area contributed by atoms with E-state index in [1.165, 1.54) is 22.6 Å². The first-order valence-corrected chi connectivity index (χ1v) is 22.3. The van der Waals surface area contributed by atoms with E-state index in [1.807, 2.05) is 36.1 Å². The largest absolute Gasteiger partial charge is 0.508 e. The van der Waals surface area contributed by atoms with Crippen LogP contribution in [-0.2, 0) is 11.2 Å². The number of fused-ring (bicyclic) bond motifs is 4. The zero-order valence-electron chi connectivity index (χ0n) is 35.8. The summed E-state index contributed by atoms with van der Waals surface area (Å²) in [6.45, 7) is 13.2. The number of phenols is 1. The number of aromatic hydroxyl groups is 1. The van der Waals surface area contributed by atoms with Crippen molar-refractivity contribution in [2.24, 2.45) is 10.4 Å². The number of piperidine rings is 1. The van der Waals surface area contributed by atoms with Crippen LogP contribution in [0, 0.1) is 43.6 Å². The summed E-state index contributed by atoms with van der Waals surface area (Å²) in [7, 11) is 0. The van der Waals surface area contributed by atoms with E-state index < -0.39 is 23.6 Å². The van der Waals surface area contributed by atoms with E-state index in [0.717, 1.165) is 90.2 Å². The molecule has 2 aromatic heterocycles. The number of thiophene rings is 1. The Bertz CT molecular complexity index is 2850. The third-order valence-electron chi connectivity index (χ3n) is 13.7. The van der Waals surface area contributed by atoms with E-state index in [-0.39, 0.29) is 34.3 Å². The predicted molar refractivity (Wildman–Crippen MR) is 239 cm³/mol. The first-order valence-electron chi connectivity index (χ1n) is 21.5. The van der Waals surface area contributed by atoms with Crippen LogP contribution in [0.1, 0.15) is 101 Å². The summed E-state index contributed by atoms with van der Waals surface area (Å²) < 4.78 is 53.2. The molecule has 322 valence electrons. The standard InChI is InChI=1S/C50H47F3N6O3S/c1-27-30(4)63-49-44(27)46(54-29(3)48-56-55-31(5)59(48)49)33-8-6-32(7-9-33)22-42(61)58-21-18-50(26-58)16-19-57(20-17-50)36-12-10-34(11-13-36)47-43(45-39(52)23-35(51)24-40(45)53)28(2)38-25-37(60)14-15-41(38)62-47/h6-15,23-25,29,47,60H,16-22,26H2,1-5H3/t29-,47?/m0/s1. The van der Waals surface area contributed by atoms with E-state index in [2.05, 4.69) is 64.7 Å². The van der Waals surface area contributed by atoms with Crippen molar-refractivity contribution in [3.05, 3.63) is 152 Å². The Morgan fingerprint density at radius 1 is 0.873 bits per heavy atom. The second-order valence-corrected chi connectivity index (χ2v) is 18.7. The van der Waals surface area contributed by atoms with E-state index in [4.69, 9.17) is 9.73 Å². The number of carbonyl (C=O) groups excluding carboxylic acids is 1. The number of benzene rings is 4. The fourth-order valence-electron chi connectivity index (χ4n) is 10.00. The smallest absolute Gasteiger partial charge is 0.227 e. The highest BCUT2D eigenvalue weighted by Crippen LogP contribution is 2.49. The number of aromatic nitrogens is 3. The molecule has 0 saturated carbocycles. The van der Waals surface area contributed by atoms with Crippen LogP contribution in [0.2, 0.25) is 0 Å². The van der Waals surface area contributed by atoms with Gasteiger partial charge in [-0.1, -0.05) is 36.4 Å². The van der Waals surface area contributed by atoms with Crippen molar-refractivity contribution in [1.29, 1.82) is 0 Å². The Labute approximate surface area is 368 Å². The number of phenolic OH excluding ortho intramolecular Hbond substituents is 1. The molecule has 6 aromatic rings. The van der Waals surface area contributed by atoms with Gasteiger partial charge in [-0.15, -0.1) is 21.5 Å². The van der Waals surface area contributed by atoms with Crippen molar-refractivity contribution in [3.63, 3.8) is 0 Å². The number of nitrogens with zero attached hydrogens (tertiary/aromatic N) is 6. The highest BCUT2D eigenvalue weighted by molar-refractivity contribution is 7.15. The van der Waals surface area contributed by atoms with E-state index in [0.29, 0.717) is 41.0 Å². The van der Waals surface area contributed by atoms with Crippen molar-refractivity contribution < 1.29 is 27.8 Å². The Balaban J connectivity index is 0.797. The van der Waals surface area contributed by atoms with Gasteiger partial charge in [0.15, 0.2) is 5.82 Å². The molecule has 4 aromatic carbocycles. The average Bonchev–Trinajstić information content (AvgIpc) is 3.93. The fraction of sp³-hybridized carbons (Fsp3) is 0.320. The number of amides is 1. The molecule has 9 nitrogen and oxygen atoms in total. The lowest BCUT2D eigenvalue weighted by molar-refractivity contribution is -0.129. The number of rotatable bonds is 6. The maximum Gasteiger partial charge on any atom is 0.227 e. The Kier molecular flexibility index (Phi) is 10.1. The van der Waals surface area contributed by atoms with Gasteiger partial charge in [0.1, 0.15) is 51.9 Å². The van der Waals surface area contributed by atoms with Gasteiger partial charge in [0.05, 0.1) is 17.7 Å². The SMILES string of the molecule is CC1=C(c2c(F)cc(F)cc2F)C(c2ccc(N3CCC4(CCN(C(=O)Cc5ccc(C6=N[C@@H](C)c7nnc(C)n7-c7sc(C)c(C)c76)cc5)C4)CC3)cc2)Oc2ccc(O)cc21. The molecule has 0 bridgehead atoms. The maximum atomic E-state index is 15.3. The molecule has 2 atom stereocenters. The lowest BCUT2D eigenvalue weighted by Crippen LogP contribution is -2.42. The summed E-state index contributed by atoms with van der Waals surface area (Å²) in [4.78, 5) is 24.6. The van der Waals surface area contributed by atoms with Crippen LogP contribution in [0.5, 0.6) is 11.5 Å². The molecule has 4 aliphatic rings. The number of ether oxygens (including phenoxy) is 1. The van der Waals surface area contributed by atoms with Crippen LogP contribution < -0.4 is 9.64 Å². The maximum absolute atomic E-state index is 15.3. The first kappa shape index (κ1) is 40.8. The number of aryl methyl sites for hydroxylation is 2. The zero-order valence-corrected chi connectivity index (χ0v) is 36.6. The van der Waals surface area contributed by atoms with Crippen molar-refractivity contribution in [1.82, 2.24) is 19.7 Å². The summed E-state index contributed by atoms with van der Waals surface area (Å²) in [5.74, 6) is -0.776. The van der Waals surface area contributed by atoms with Crippen LogP contribution in [-0.4, -0.2) is 62.6 Å². The van der Waals surface area contributed by atoms with Gasteiger partial charge in [0, 0.05) is 71.1 Å². The van der Waals surface area contributed by atoms with Crippen molar-refractivity contribution in [3.8, 4) is 16.5 Å². The molecule has 6 heterocycles. The normalized spacial score (nSPS) is 19.1. The lowest BCUT2D eigenvalue weighted by Gasteiger charge is -2.40. The molecule has 1 amide bonds. The van der Waals surface area contributed by atoms with Crippen LogP contribution in [0.4, 0.5) is 18.9 Å². The minimum absolute atomic E-state index is 0.0106. The molecule has 2 fully saturated rings. The number of hydrogen-bond donors (Lipinski definition) is 1. The Hall–Kier alpha value is -6.21. The monoisotopic (exact) mass is 868 g/mol. The molecule has 13 heteroatoms. The molecule has 0 aliphatic carbocycles. The quantitative estimate of drug-likeness (QED) is 0.179. The number of carbonyl (C=O) groups is 1. The van der Waals surface area contributed by atoms with Crippen molar-refractivity contribution in [2.45, 2.75) is 72.4 Å². The van der Waals surface area contributed by atoms with Gasteiger partial charge in [-0.2, -0.15) is 0 Å². The topological polar surface area (TPSA) is 96.1 Å². The van der Waals surface area contributed by atoms with Crippen LogP contribution >= 0.6 is 11.3 Å². The molecular weight excluding hydrogens is 822 g/mol. The second kappa shape index (κ2) is 15.5. The lowest BCUT2D eigenvalue weighted by atomic mass is 9.77. The van der Waals surface area contributed by atoms with E-state index in [1.54, 1.807) is 24.3 Å². The molecule has 10 rings (SSSR count). The summed E-state index contributed by atoms with van der Waals surface area (Å²) in [6.07, 6.45) is 2.34. The molecule has 63 heavy (non-hydrogen) atoms. The van der Waals surface area contributed by atoms with Crippen molar-refractivity contribution in [2.75, 3.05) is 31.1 Å². The molecule has 1 spiro atoms. The second-order valence-electron chi connectivity index (χ2n) is 17.5. The first-order chi connectivity index (χ1) is 30.3. The molecule has 1 unspecified atom stereocenters. The van der Waals surface area contributed by atoms with Crippen LogP contribution in [0.15, 0.2) is 83.9 Å². The summed E-state index contributed by atoms with van der Waals surface area (Å²) in [5.41, 5.74) is 7.92. The number of aliphatic imine (C=N–C) groups is 1. The van der Waals surface area contributed by atoms with E-state index in [9.17, 15) is 14.3 Å². The van der Waals surface area contributed by atoms with Gasteiger partial charge < -0.3 is 19.6 Å². The van der Waals surface area contributed by atoms with Crippen LogP contribution in [0.3, 0.4) is 0 Å². The van der Waals surface area contributed by atoms with Gasteiger partial charge in [-0.25, -0.2) is 13.2 Å². The third kappa shape index (κ3) is 7.10. The van der Waals surface area contributed by atoms with Gasteiger partial charge in [0.25, 0.3) is 0 Å². The Morgan fingerprint density at radius 2 is 1.57 bits per heavy atom. The molecule has 4 aliphatic heterocycles. The van der Waals surface area contributed by atoms with Crippen LogP contribution in [0.25, 0.3) is 16.1 Å². The highest BCUT2D eigenvalue weighted by Gasteiger charge is 2.42.